The van der Waals surface area contributed by atoms with Crippen LogP contribution < -0.4 is 10.5 Å². The van der Waals surface area contributed by atoms with Crippen molar-refractivity contribution in [3.8, 4) is 11.4 Å². The van der Waals surface area contributed by atoms with Gasteiger partial charge in [0.2, 0.25) is 10.0 Å². The topological polar surface area (TPSA) is 98.0 Å². The van der Waals surface area contributed by atoms with E-state index in [1.807, 2.05) is 0 Å². The van der Waals surface area contributed by atoms with Gasteiger partial charge in [0.25, 0.3) is 0 Å². The first-order chi connectivity index (χ1) is 9.17. The lowest BCUT2D eigenvalue weighted by molar-refractivity contribution is 0.491. The van der Waals surface area contributed by atoms with Gasteiger partial charge in [0.05, 0.1) is 4.90 Å². The monoisotopic (exact) mass is 312 g/mol. The first kappa shape index (κ1) is 14.9. The lowest BCUT2D eigenvalue weighted by Gasteiger charge is -2.20. The molecule has 0 spiro atoms. The third-order valence-electron chi connectivity index (χ3n) is 2.31. The van der Waals surface area contributed by atoms with Crippen LogP contribution in [-0.4, -0.2) is 23.3 Å². The SMILES string of the molecule is CC(C)(C)NS(=O)(=O)c1ccc(-c2nsc(N)n2)cc1. The summed E-state index contributed by atoms with van der Waals surface area (Å²) in [6.07, 6.45) is 0. The number of sulfonamides is 1. The number of nitrogens with zero attached hydrogens (tertiary/aromatic N) is 2. The zero-order valence-corrected chi connectivity index (χ0v) is 13.0. The minimum atomic E-state index is -3.52. The summed E-state index contributed by atoms with van der Waals surface area (Å²) in [6.45, 7) is 5.38. The van der Waals surface area contributed by atoms with Gasteiger partial charge in [0, 0.05) is 22.6 Å². The van der Waals surface area contributed by atoms with E-state index < -0.39 is 15.6 Å². The highest BCUT2D eigenvalue weighted by molar-refractivity contribution is 7.89. The molecule has 108 valence electrons. The van der Waals surface area contributed by atoms with Crippen molar-refractivity contribution < 1.29 is 8.42 Å². The third-order valence-corrected chi connectivity index (χ3v) is 4.62. The second-order valence-electron chi connectivity index (χ2n) is 5.34. The molecule has 0 saturated carbocycles. The van der Waals surface area contributed by atoms with Crippen LogP contribution in [0.15, 0.2) is 29.2 Å². The van der Waals surface area contributed by atoms with E-state index in [0.29, 0.717) is 11.0 Å². The number of hydrogen-bond acceptors (Lipinski definition) is 6. The third kappa shape index (κ3) is 3.53. The van der Waals surface area contributed by atoms with Crippen molar-refractivity contribution in [3.63, 3.8) is 0 Å². The second kappa shape index (κ2) is 5.12. The molecular formula is C12H16N4O2S2. The molecule has 6 nitrogen and oxygen atoms in total. The second-order valence-corrected chi connectivity index (χ2v) is 7.80. The molecule has 0 saturated heterocycles. The van der Waals surface area contributed by atoms with Crippen molar-refractivity contribution in [2.75, 3.05) is 5.73 Å². The molecule has 0 atom stereocenters. The van der Waals surface area contributed by atoms with Crippen LogP contribution in [0.4, 0.5) is 5.13 Å². The number of nitrogen functional groups attached to an aromatic ring is 1. The first-order valence-electron chi connectivity index (χ1n) is 5.91. The number of rotatable bonds is 3. The molecule has 0 fully saturated rings. The summed E-state index contributed by atoms with van der Waals surface area (Å²) in [5.74, 6) is 0.500. The van der Waals surface area contributed by atoms with Crippen LogP contribution in [0.25, 0.3) is 11.4 Å². The summed E-state index contributed by atoms with van der Waals surface area (Å²) in [7, 11) is -3.52. The zero-order valence-electron chi connectivity index (χ0n) is 11.4. The quantitative estimate of drug-likeness (QED) is 0.901. The van der Waals surface area contributed by atoms with E-state index in [2.05, 4.69) is 14.1 Å². The van der Waals surface area contributed by atoms with Gasteiger partial charge in [-0.05, 0) is 45.0 Å². The molecule has 1 aromatic heterocycles. The van der Waals surface area contributed by atoms with E-state index in [4.69, 9.17) is 5.73 Å². The Morgan fingerprint density at radius 1 is 1.20 bits per heavy atom. The average molecular weight is 312 g/mol. The molecule has 0 aliphatic heterocycles. The summed E-state index contributed by atoms with van der Waals surface area (Å²) in [4.78, 5) is 4.26. The number of nitrogens with two attached hydrogens (primary N) is 1. The van der Waals surface area contributed by atoms with Crippen LogP contribution in [-0.2, 0) is 10.0 Å². The molecule has 20 heavy (non-hydrogen) atoms. The van der Waals surface area contributed by atoms with Crippen LogP contribution >= 0.6 is 11.5 Å². The number of hydrogen-bond donors (Lipinski definition) is 2. The minimum absolute atomic E-state index is 0.208. The predicted octanol–water partition coefficient (Wildman–Crippen LogP) is 1.86. The highest BCUT2D eigenvalue weighted by Gasteiger charge is 2.21. The van der Waals surface area contributed by atoms with E-state index in [0.717, 1.165) is 17.1 Å². The Bertz CT molecular complexity index is 700. The first-order valence-corrected chi connectivity index (χ1v) is 8.17. The lowest BCUT2D eigenvalue weighted by Crippen LogP contribution is -2.40. The number of aromatic nitrogens is 2. The van der Waals surface area contributed by atoms with Crippen LogP contribution in [0.2, 0.25) is 0 Å². The van der Waals surface area contributed by atoms with Gasteiger partial charge < -0.3 is 5.73 Å². The normalized spacial score (nSPS) is 12.6. The number of anilines is 1. The molecule has 0 radical (unpaired) electrons. The Balaban J connectivity index is 2.29. The summed E-state index contributed by atoms with van der Waals surface area (Å²) in [5, 5.41) is 0.381. The standard InChI is InChI=1S/C12H16N4O2S2/c1-12(2,3)16-20(17,18)9-6-4-8(5-7-9)10-14-11(13)19-15-10/h4-7,16H,1-3H3,(H2,13,14,15). The highest BCUT2D eigenvalue weighted by atomic mass is 32.2. The van der Waals surface area contributed by atoms with Gasteiger partial charge in [-0.15, -0.1) is 0 Å². The maximum atomic E-state index is 12.1. The van der Waals surface area contributed by atoms with Crippen LogP contribution in [0.1, 0.15) is 20.8 Å². The Kier molecular flexibility index (Phi) is 3.81. The molecule has 0 amide bonds. The van der Waals surface area contributed by atoms with Gasteiger partial charge in [0.1, 0.15) is 0 Å². The maximum Gasteiger partial charge on any atom is 0.241 e. The lowest BCUT2D eigenvalue weighted by atomic mass is 10.1. The van der Waals surface area contributed by atoms with E-state index in [-0.39, 0.29) is 4.90 Å². The smallest absolute Gasteiger partial charge is 0.241 e. The Morgan fingerprint density at radius 3 is 2.25 bits per heavy atom. The van der Waals surface area contributed by atoms with Gasteiger partial charge in [0.15, 0.2) is 11.0 Å². The number of nitrogens with one attached hydrogen (secondary N) is 1. The fourth-order valence-electron chi connectivity index (χ4n) is 1.60. The summed E-state index contributed by atoms with van der Waals surface area (Å²) in [5.41, 5.74) is 5.73. The fourth-order valence-corrected chi connectivity index (χ4v) is 3.47. The van der Waals surface area contributed by atoms with E-state index in [1.54, 1.807) is 32.9 Å². The zero-order chi connectivity index (χ0) is 15.0. The van der Waals surface area contributed by atoms with Crippen molar-refractivity contribution in [2.45, 2.75) is 31.2 Å². The Hall–Kier alpha value is -1.51. The molecule has 0 aliphatic rings. The predicted molar refractivity (Wildman–Crippen MR) is 79.8 cm³/mol. The Morgan fingerprint density at radius 2 is 1.80 bits per heavy atom. The van der Waals surface area contributed by atoms with Crippen LogP contribution in [0.3, 0.4) is 0 Å². The van der Waals surface area contributed by atoms with Crippen molar-refractivity contribution in [3.05, 3.63) is 24.3 Å². The van der Waals surface area contributed by atoms with Crippen molar-refractivity contribution in [1.82, 2.24) is 14.1 Å². The molecule has 1 aromatic carbocycles. The molecule has 8 heteroatoms. The van der Waals surface area contributed by atoms with Gasteiger partial charge in [-0.25, -0.2) is 13.1 Å². The largest absolute Gasteiger partial charge is 0.374 e. The molecule has 0 bridgehead atoms. The minimum Gasteiger partial charge on any atom is -0.374 e. The van der Waals surface area contributed by atoms with Gasteiger partial charge >= 0.3 is 0 Å². The molecule has 0 unspecified atom stereocenters. The van der Waals surface area contributed by atoms with E-state index in [1.165, 1.54) is 12.1 Å². The fraction of sp³-hybridized carbons (Fsp3) is 0.333. The van der Waals surface area contributed by atoms with E-state index >= 15 is 0 Å². The molecule has 0 aliphatic carbocycles. The van der Waals surface area contributed by atoms with Crippen molar-refractivity contribution in [1.29, 1.82) is 0 Å². The highest BCUT2D eigenvalue weighted by Crippen LogP contribution is 2.21. The summed E-state index contributed by atoms with van der Waals surface area (Å²) < 4.78 is 31.0. The van der Waals surface area contributed by atoms with E-state index in [9.17, 15) is 8.42 Å². The molecule has 2 rings (SSSR count). The molecule has 1 heterocycles. The molecular weight excluding hydrogens is 296 g/mol. The van der Waals surface area contributed by atoms with Crippen LogP contribution in [0, 0.1) is 0 Å². The Labute approximate surface area is 122 Å². The maximum absolute atomic E-state index is 12.1. The average Bonchev–Trinajstić information content (AvgIpc) is 2.73. The summed E-state index contributed by atoms with van der Waals surface area (Å²) in [6, 6.07) is 6.39. The molecule has 3 N–H and O–H groups in total. The van der Waals surface area contributed by atoms with Crippen molar-refractivity contribution >= 4 is 26.7 Å². The summed E-state index contributed by atoms with van der Waals surface area (Å²) >= 11 is 1.10. The number of benzene rings is 1. The van der Waals surface area contributed by atoms with Crippen LogP contribution in [0.5, 0.6) is 0 Å². The van der Waals surface area contributed by atoms with Gasteiger partial charge in [-0.3, -0.25) is 0 Å². The van der Waals surface area contributed by atoms with Gasteiger partial charge in [-0.2, -0.15) is 9.36 Å². The van der Waals surface area contributed by atoms with Crippen molar-refractivity contribution in [2.24, 2.45) is 0 Å². The van der Waals surface area contributed by atoms with Gasteiger partial charge in [-0.1, -0.05) is 0 Å². The molecule has 2 aromatic rings.